The van der Waals surface area contributed by atoms with Crippen molar-refractivity contribution in [2.24, 2.45) is 5.10 Å². The minimum atomic E-state index is -0.243. The van der Waals surface area contributed by atoms with Gasteiger partial charge >= 0.3 is 0 Å². The molecule has 0 saturated heterocycles. The molecule has 6 heteroatoms. The number of aromatic amines is 1. The number of nitrogens with two attached hydrogens (primary N) is 1. The zero-order chi connectivity index (χ0) is 11.9. The minimum absolute atomic E-state index is 0.0955. The second kappa shape index (κ2) is 3.48. The van der Waals surface area contributed by atoms with Gasteiger partial charge in [-0.25, -0.2) is 5.01 Å². The Kier molecular flexibility index (Phi) is 2.26. The number of hydrogen-bond donors (Lipinski definition) is 2. The molecule has 2 heterocycles. The smallest absolute Gasteiger partial charge is 0.262 e. The van der Waals surface area contributed by atoms with Crippen LogP contribution in [0.25, 0.3) is 5.57 Å². The van der Waals surface area contributed by atoms with Crippen molar-refractivity contribution in [2.45, 2.75) is 13.8 Å². The van der Waals surface area contributed by atoms with E-state index < -0.39 is 0 Å². The van der Waals surface area contributed by atoms with E-state index in [2.05, 4.69) is 15.1 Å². The van der Waals surface area contributed by atoms with Gasteiger partial charge in [0, 0.05) is 7.05 Å². The quantitative estimate of drug-likeness (QED) is 0.668. The van der Waals surface area contributed by atoms with Crippen LogP contribution in [0.15, 0.2) is 16.0 Å². The molecule has 0 saturated carbocycles. The third-order valence-electron chi connectivity index (χ3n) is 2.35. The first kappa shape index (κ1) is 10.4. The highest BCUT2D eigenvalue weighted by Crippen LogP contribution is 2.24. The highest BCUT2D eigenvalue weighted by molar-refractivity contribution is 6.01. The number of nitrogen functional groups attached to an aromatic ring is 1. The van der Waals surface area contributed by atoms with E-state index in [1.54, 1.807) is 12.1 Å². The number of allylic oxidation sites excluding steroid dienone is 2. The van der Waals surface area contributed by atoms with Gasteiger partial charge in [-0.3, -0.25) is 9.78 Å². The lowest BCUT2D eigenvalue weighted by molar-refractivity contribution is 0.956. The zero-order valence-electron chi connectivity index (χ0n) is 9.40. The van der Waals surface area contributed by atoms with E-state index in [0.717, 1.165) is 11.3 Å². The van der Waals surface area contributed by atoms with Gasteiger partial charge in [-0.15, -0.1) is 0 Å². The van der Waals surface area contributed by atoms with E-state index in [4.69, 9.17) is 5.73 Å². The molecular weight excluding hydrogens is 206 g/mol. The molecule has 0 fully saturated rings. The number of anilines is 2. The number of nitrogens with zero attached hydrogens (tertiary/aromatic N) is 3. The Balaban J connectivity index is 2.79. The molecule has 1 aromatic heterocycles. The molecule has 0 radical (unpaired) electrons. The highest BCUT2D eigenvalue weighted by Gasteiger charge is 2.18. The van der Waals surface area contributed by atoms with Crippen molar-refractivity contribution in [3.8, 4) is 0 Å². The van der Waals surface area contributed by atoms with Crippen molar-refractivity contribution in [2.75, 3.05) is 17.8 Å². The molecule has 1 aliphatic rings. The van der Waals surface area contributed by atoms with Gasteiger partial charge in [0.2, 0.25) is 5.95 Å². The molecule has 0 bridgehead atoms. The number of hydrazone groups is 1. The first-order chi connectivity index (χ1) is 7.49. The maximum Gasteiger partial charge on any atom is 0.262 e. The molecule has 2 rings (SSSR count). The largest absolute Gasteiger partial charge is 0.369 e. The summed E-state index contributed by atoms with van der Waals surface area (Å²) in [6.07, 6.45) is 1.84. The fraction of sp³-hybridized carbons (Fsp3) is 0.300. The molecule has 0 amide bonds. The van der Waals surface area contributed by atoms with Gasteiger partial charge in [-0.05, 0) is 25.5 Å². The van der Waals surface area contributed by atoms with Crippen molar-refractivity contribution in [1.82, 2.24) is 9.97 Å². The normalized spacial score (nSPS) is 15.1. The Labute approximate surface area is 92.5 Å². The number of rotatable bonds is 0. The topological polar surface area (TPSA) is 87.4 Å². The van der Waals surface area contributed by atoms with E-state index in [-0.39, 0.29) is 11.5 Å². The molecule has 1 aromatic rings. The Bertz CT molecular complexity index is 555. The van der Waals surface area contributed by atoms with Crippen LogP contribution in [0.3, 0.4) is 0 Å². The van der Waals surface area contributed by atoms with Crippen LogP contribution in [-0.2, 0) is 0 Å². The van der Waals surface area contributed by atoms with Gasteiger partial charge in [0.25, 0.3) is 5.56 Å². The van der Waals surface area contributed by atoms with Gasteiger partial charge in [-0.2, -0.15) is 10.1 Å². The van der Waals surface area contributed by atoms with Gasteiger partial charge in [-0.1, -0.05) is 0 Å². The summed E-state index contributed by atoms with van der Waals surface area (Å²) in [6.45, 7) is 3.72. The van der Waals surface area contributed by atoms with Crippen LogP contribution in [0.4, 0.5) is 11.8 Å². The number of aromatic nitrogens is 2. The van der Waals surface area contributed by atoms with Crippen LogP contribution in [-0.4, -0.2) is 22.7 Å². The summed E-state index contributed by atoms with van der Waals surface area (Å²) in [5, 5.41) is 5.81. The zero-order valence-corrected chi connectivity index (χ0v) is 9.40. The van der Waals surface area contributed by atoms with Gasteiger partial charge in [0.15, 0.2) is 5.82 Å². The second-order valence-corrected chi connectivity index (χ2v) is 3.74. The lowest BCUT2D eigenvalue weighted by Gasteiger charge is -2.14. The Hall–Kier alpha value is -2.11. The maximum atomic E-state index is 11.8. The Morgan fingerprint density at radius 2 is 2.12 bits per heavy atom. The first-order valence-corrected chi connectivity index (χ1v) is 4.86. The van der Waals surface area contributed by atoms with Crippen LogP contribution in [0.2, 0.25) is 0 Å². The molecule has 0 aliphatic carbocycles. The van der Waals surface area contributed by atoms with Gasteiger partial charge in [0.05, 0.1) is 11.3 Å². The molecule has 3 N–H and O–H groups in total. The summed E-state index contributed by atoms with van der Waals surface area (Å²) in [5.41, 5.74) is 7.43. The Morgan fingerprint density at radius 3 is 2.81 bits per heavy atom. The lowest BCUT2D eigenvalue weighted by atomic mass is 10.1. The third kappa shape index (κ3) is 1.58. The van der Waals surface area contributed by atoms with Crippen LogP contribution < -0.4 is 16.3 Å². The second-order valence-electron chi connectivity index (χ2n) is 3.74. The maximum absolute atomic E-state index is 11.8. The summed E-state index contributed by atoms with van der Waals surface area (Å²) in [6, 6.07) is 0. The standard InChI is InChI=1S/C10H13N5O/c1-5-4-6(2)14-15(3)8-7(5)9(16)13-10(11)12-8/h4H,1-3H3,(H3,11,12,13,16). The molecule has 0 aromatic carbocycles. The Morgan fingerprint density at radius 1 is 1.44 bits per heavy atom. The highest BCUT2D eigenvalue weighted by atomic mass is 16.1. The number of nitrogens with one attached hydrogen (secondary N) is 1. The van der Waals surface area contributed by atoms with Gasteiger partial charge in [0.1, 0.15) is 0 Å². The van der Waals surface area contributed by atoms with E-state index in [1.165, 1.54) is 0 Å². The minimum Gasteiger partial charge on any atom is -0.369 e. The number of H-pyrrole nitrogens is 1. The summed E-state index contributed by atoms with van der Waals surface area (Å²) < 4.78 is 0. The monoisotopic (exact) mass is 219 g/mol. The van der Waals surface area contributed by atoms with Crippen LogP contribution in [0, 0.1) is 0 Å². The van der Waals surface area contributed by atoms with E-state index in [9.17, 15) is 4.79 Å². The molecule has 84 valence electrons. The summed E-state index contributed by atoms with van der Waals surface area (Å²) >= 11 is 0. The summed E-state index contributed by atoms with van der Waals surface area (Å²) in [4.78, 5) is 18.4. The molecule has 1 aliphatic heterocycles. The first-order valence-electron chi connectivity index (χ1n) is 4.86. The average Bonchev–Trinajstić information content (AvgIpc) is 2.24. The SMILES string of the molecule is CC1=CC(C)=NN(C)c2nc(N)[nH]c(=O)c21. The predicted octanol–water partition coefficient (Wildman–Crippen LogP) is 0.581. The van der Waals surface area contributed by atoms with Crippen LogP contribution in [0.5, 0.6) is 0 Å². The van der Waals surface area contributed by atoms with Crippen molar-refractivity contribution in [1.29, 1.82) is 0 Å². The molecule has 0 unspecified atom stereocenters. The van der Waals surface area contributed by atoms with Crippen molar-refractivity contribution >= 4 is 23.1 Å². The van der Waals surface area contributed by atoms with Crippen molar-refractivity contribution < 1.29 is 0 Å². The van der Waals surface area contributed by atoms with Crippen LogP contribution >= 0.6 is 0 Å². The van der Waals surface area contributed by atoms with E-state index in [1.807, 2.05) is 19.9 Å². The van der Waals surface area contributed by atoms with Crippen LogP contribution in [0.1, 0.15) is 19.4 Å². The number of hydrogen-bond acceptors (Lipinski definition) is 5. The lowest BCUT2D eigenvalue weighted by Crippen LogP contribution is -2.21. The fourth-order valence-corrected chi connectivity index (χ4v) is 1.77. The predicted molar refractivity (Wildman–Crippen MR) is 64.4 cm³/mol. The van der Waals surface area contributed by atoms with Gasteiger partial charge < -0.3 is 5.73 Å². The van der Waals surface area contributed by atoms with Crippen molar-refractivity contribution in [3.63, 3.8) is 0 Å². The molecular formula is C10H13N5O. The number of fused-ring (bicyclic) bond motifs is 1. The molecule has 0 spiro atoms. The molecule has 0 atom stereocenters. The van der Waals surface area contributed by atoms with E-state index >= 15 is 0 Å². The fourth-order valence-electron chi connectivity index (χ4n) is 1.77. The average molecular weight is 219 g/mol. The summed E-state index contributed by atoms with van der Waals surface area (Å²) in [5.74, 6) is 0.574. The summed E-state index contributed by atoms with van der Waals surface area (Å²) in [7, 11) is 1.74. The van der Waals surface area contributed by atoms with E-state index in [0.29, 0.717) is 11.4 Å². The molecule has 6 nitrogen and oxygen atoms in total. The van der Waals surface area contributed by atoms with Crippen molar-refractivity contribution in [3.05, 3.63) is 22.0 Å². The third-order valence-corrected chi connectivity index (χ3v) is 2.35. The molecule has 16 heavy (non-hydrogen) atoms.